The number of methoxy groups -OCH3 is 5. The predicted molar refractivity (Wildman–Crippen MR) is 242 cm³/mol. The molecule has 72 heavy (non-hydrogen) atoms. The number of rotatable bonds is 9. The molecule has 0 saturated carbocycles. The van der Waals surface area contributed by atoms with Crippen LogP contribution in [0, 0.1) is 23.7 Å². The molecule has 4 aromatic carbocycles. The van der Waals surface area contributed by atoms with Gasteiger partial charge in [0.05, 0.1) is 79.4 Å². The van der Waals surface area contributed by atoms with Crippen LogP contribution in [-0.2, 0) is 38.0 Å². The number of aliphatic hydroxyl groups excluding tert-OH is 3. The highest BCUT2D eigenvalue weighted by atomic mass is 16.8. The smallest absolute Gasteiger partial charge is 0.310 e. The molecule has 21 nitrogen and oxygen atoms in total. The number of phenolic OH excluding ortho intramolecular Hbond substituents is 1. The second-order valence-corrected chi connectivity index (χ2v) is 18.5. The number of hydrogen-bond donors (Lipinski definition) is 4. The molecule has 4 saturated heterocycles. The first kappa shape index (κ1) is 47.8. The van der Waals surface area contributed by atoms with Crippen LogP contribution in [0.15, 0.2) is 48.5 Å². The van der Waals surface area contributed by atoms with Gasteiger partial charge in [-0.15, -0.1) is 0 Å². The summed E-state index contributed by atoms with van der Waals surface area (Å²) in [5, 5.41) is 43.5. The molecule has 0 radical (unpaired) electrons. The Kier molecular flexibility index (Phi) is 12.5. The van der Waals surface area contributed by atoms with Crippen molar-refractivity contribution in [3.8, 4) is 57.5 Å². The molecule has 14 atom stereocenters. The maximum atomic E-state index is 13.4. The maximum absolute atomic E-state index is 13.4. The SMILES string of the molecule is COc1cc([C@@H]2c3cc4c(cc3[C@@H](O[C@@H]3O[C@@H]5CO[C@@H](C)O[C@H]5[C@H](O)[C@H]3O)[C@H]3COC(=O)[C@H]23)OCO4)cc(OC)c1O.COc1cc([C@@H]2c3cc4c(cc3[C@H](O)[C@H]3COC(=O)[C@H]23)OCO4)cc(OC)c1OC. The van der Waals surface area contributed by atoms with Gasteiger partial charge in [0.25, 0.3) is 0 Å². The summed E-state index contributed by atoms with van der Waals surface area (Å²) in [4.78, 5) is 26.1. The number of ether oxygens (including phenoxy) is 15. The van der Waals surface area contributed by atoms with E-state index in [1.54, 1.807) is 51.5 Å². The first-order chi connectivity index (χ1) is 34.8. The molecule has 0 amide bonds. The predicted octanol–water partition coefficient (Wildman–Crippen LogP) is 3.75. The van der Waals surface area contributed by atoms with Gasteiger partial charge in [-0.25, -0.2) is 0 Å². The van der Waals surface area contributed by atoms with Crippen molar-refractivity contribution >= 4 is 11.9 Å². The van der Waals surface area contributed by atoms with E-state index in [0.717, 1.165) is 11.1 Å². The number of fused-ring (bicyclic) bond motifs is 7. The Hall–Kier alpha value is -6.46. The van der Waals surface area contributed by atoms with Crippen LogP contribution in [0.2, 0.25) is 0 Å². The Morgan fingerprint density at radius 1 is 0.542 bits per heavy atom. The van der Waals surface area contributed by atoms with Crippen molar-refractivity contribution in [3.63, 3.8) is 0 Å². The molecule has 0 spiro atoms. The molecule has 12 rings (SSSR count). The maximum Gasteiger partial charge on any atom is 0.310 e. The van der Waals surface area contributed by atoms with Crippen LogP contribution in [0.3, 0.4) is 0 Å². The average Bonchev–Trinajstić information content (AvgIpc) is 4.22. The standard InChI is InChI=1S/C29H32O13.C22H22O8/c1-11-36-9-20-27(40-11)24(31)25(32)29(41-20)42-26-14-7-17-16(38-10-39-17)6-13(14)21(22-15(26)8-37-28(22)33)12-4-18(34-2)23(30)19(5-12)35-3;1-25-16-4-10(5-17(26-2)21(16)27-3)18-11-6-14-15(30-9-29-14)7-12(11)20(23)13-8-28-22(24)19(13)18/h4-7,11,15,20-22,24-27,29-32H,8-10H2,1-3H3;4-7,13,18-20,23H,8-9H2,1-3H3/t11-,15+,20-,21-,22+,24-,25-,26-,27-,29+;13-,18+,19-,20-/m10/s1. The van der Waals surface area contributed by atoms with E-state index in [1.165, 1.54) is 21.3 Å². The first-order valence-corrected chi connectivity index (χ1v) is 23.4. The van der Waals surface area contributed by atoms with Gasteiger partial charge >= 0.3 is 11.9 Å². The summed E-state index contributed by atoms with van der Waals surface area (Å²) in [5.41, 5.74) is 4.31. The minimum absolute atomic E-state index is 0.0301. The number of benzene rings is 4. The van der Waals surface area contributed by atoms with Gasteiger partial charge in [0.2, 0.25) is 25.1 Å². The normalized spacial score (nSPS) is 32.1. The van der Waals surface area contributed by atoms with E-state index < -0.39 is 78.8 Å². The topological polar surface area (TPSA) is 254 Å². The molecular weight excluding hydrogens is 949 g/mol. The second kappa shape index (κ2) is 18.9. The highest BCUT2D eigenvalue weighted by Crippen LogP contribution is 2.58. The van der Waals surface area contributed by atoms with E-state index in [-0.39, 0.29) is 68.5 Å². The van der Waals surface area contributed by atoms with Gasteiger partial charge in [-0.1, -0.05) is 0 Å². The molecule has 6 aliphatic heterocycles. The lowest BCUT2D eigenvalue weighted by molar-refractivity contribution is -0.364. The summed E-state index contributed by atoms with van der Waals surface area (Å²) in [5.74, 6) is -0.0354. The van der Waals surface area contributed by atoms with Crippen molar-refractivity contribution in [3.05, 3.63) is 81.9 Å². The van der Waals surface area contributed by atoms with Gasteiger partial charge in [-0.05, 0) is 88.8 Å². The Bertz CT molecular complexity index is 2710. The molecule has 8 aliphatic rings. The van der Waals surface area contributed by atoms with E-state index in [1.807, 2.05) is 18.2 Å². The summed E-state index contributed by atoms with van der Waals surface area (Å²) >= 11 is 0. The molecular formula is C51H54O21. The van der Waals surface area contributed by atoms with E-state index in [2.05, 4.69) is 0 Å². The Morgan fingerprint density at radius 3 is 1.57 bits per heavy atom. The second-order valence-electron chi connectivity index (χ2n) is 18.5. The monoisotopic (exact) mass is 1000 g/mol. The highest BCUT2D eigenvalue weighted by molar-refractivity contribution is 5.80. The Morgan fingerprint density at radius 2 is 1.03 bits per heavy atom. The zero-order valence-corrected chi connectivity index (χ0v) is 40.0. The van der Waals surface area contributed by atoms with Gasteiger partial charge < -0.3 is 91.5 Å². The molecule has 0 bridgehead atoms. The number of aliphatic hydroxyl groups is 3. The van der Waals surface area contributed by atoms with Gasteiger partial charge in [0, 0.05) is 23.7 Å². The molecule has 0 unspecified atom stereocenters. The summed E-state index contributed by atoms with van der Waals surface area (Å²) in [6, 6.07) is 14.2. The molecule has 4 N–H and O–H groups in total. The van der Waals surface area contributed by atoms with Crippen molar-refractivity contribution in [2.75, 3.05) is 69.0 Å². The largest absolute Gasteiger partial charge is 0.502 e. The van der Waals surface area contributed by atoms with Gasteiger partial charge in [0.15, 0.2) is 58.6 Å². The number of carbonyl (C=O) groups is 2. The van der Waals surface area contributed by atoms with Crippen LogP contribution in [0.4, 0.5) is 0 Å². The lowest BCUT2D eigenvalue weighted by atomic mass is 9.66. The fourth-order valence-corrected chi connectivity index (χ4v) is 11.6. The molecule has 6 heterocycles. The van der Waals surface area contributed by atoms with Crippen molar-refractivity contribution in [2.24, 2.45) is 23.7 Å². The minimum atomic E-state index is -1.44. The van der Waals surface area contributed by atoms with Crippen molar-refractivity contribution in [2.45, 2.75) is 68.0 Å². The van der Waals surface area contributed by atoms with Crippen LogP contribution < -0.4 is 42.6 Å². The molecule has 2 aliphatic carbocycles. The van der Waals surface area contributed by atoms with Crippen LogP contribution in [0.5, 0.6) is 57.5 Å². The summed E-state index contributed by atoms with van der Waals surface area (Å²) in [6.07, 6.45) is -7.64. The van der Waals surface area contributed by atoms with Gasteiger partial charge in [0.1, 0.15) is 24.4 Å². The summed E-state index contributed by atoms with van der Waals surface area (Å²) < 4.78 is 84.4. The van der Waals surface area contributed by atoms with E-state index in [4.69, 9.17) is 71.1 Å². The summed E-state index contributed by atoms with van der Waals surface area (Å²) in [6.45, 7) is 2.22. The Labute approximate surface area is 412 Å². The fraction of sp³-hybridized carbons (Fsp3) is 0.490. The molecule has 384 valence electrons. The average molecular weight is 1000 g/mol. The number of esters is 2. The number of hydrogen-bond acceptors (Lipinski definition) is 21. The Balaban J connectivity index is 0.000000165. The number of carbonyl (C=O) groups excluding carboxylic acids is 2. The van der Waals surface area contributed by atoms with E-state index in [9.17, 15) is 30.0 Å². The molecule has 4 aromatic rings. The lowest BCUT2D eigenvalue weighted by Gasteiger charge is -2.47. The molecule has 4 fully saturated rings. The third kappa shape index (κ3) is 7.80. The van der Waals surface area contributed by atoms with Crippen LogP contribution >= 0.6 is 0 Å². The fourth-order valence-electron chi connectivity index (χ4n) is 11.6. The van der Waals surface area contributed by atoms with E-state index in [0.29, 0.717) is 62.5 Å². The van der Waals surface area contributed by atoms with Crippen molar-refractivity contribution in [1.29, 1.82) is 0 Å². The van der Waals surface area contributed by atoms with Gasteiger partial charge in [-0.3, -0.25) is 9.59 Å². The van der Waals surface area contributed by atoms with Gasteiger partial charge in [-0.2, -0.15) is 0 Å². The van der Waals surface area contributed by atoms with Crippen LogP contribution in [0.25, 0.3) is 0 Å². The quantitative estimate of drug-likeness (QED) is 0.174. The van der Waals surface area contributed by atoms with Crippen molar-refractivity contribution < 1.29 is 101 Å². The van der Waals surface area contributed by atoms with Crippen LogP contribution in [-0.4, -0.2) is 138 Å². The summed E-state index contributed by atoms with van der Waals surface area (Å²) in [7, 11) is 7.49. The lowest BCUT2D eigenvalue weighted by Crippen LogP contribution is -2.63. The first-order valence-electron chi connectivity index (χ1n) is 23.4. The van der Waals surface area contributed by atoms with E-state index >= 15 is 0 Å². The molecule has 21 heteroatoms. The van der Waals surface area contributed by atoms with Crippen LogP contribution in [0.1, 0.15) is 64.3 Å². The minimum Gasteiger partial charge on any atom is -0.502 e. The highest BCUT2D eigenvalue weighted by Gasteiger charge is 2.57. The molecule has 0 aromatic heterocycles. The number of cyclic esters (lactones) is 2. The number of aromatic hydroxyl groups is 1. The third-order valence-corrected chi connectivity index (χ3v) is 14.9. The third-order valence-electron chi connectivity index (χ3n) is 14.9. The zero-order chi connectivity index (χ0) is 50.3. The zero-order valence-electron chi connectivity index (χ0n) is 40.0. The number of phenols is 1. The van der Waals surface area contributed by atoms with Crippen molar-refractivity contribution in [1.82, 2.24) is 0 Å².